The monoisotopic (exact) mass is 319 g/mol. The van der Waals surface area contributed by atoms with Gasteiger partial charge in [-0.1, -0.05) is 12.1 Å². The number of amides is 3. The highest BCUT2D eigenvalue weighted by atomic mass is 19.2. The maximum absolute atomic E-state index is 13.0. The lowest BCUT2D eigenvalue weighted by Gasteiger charge is -2.08. The van der Waals surface area contributed by atoms with Crippen LogP contribution >= 0.6 is 0 Å². The maximum Gasteiger partial charge on any atom is 0.319 e. The summed E-state index contributed by atoms with van der Waals surface area (Å²) in [6, 6.07) is 9.24. The normalized spacial score (nSPS) is 10.0. The lowest BCUT2D eigenvalue weighted by molar-refractivity contribution is 0.0963. The van der Waals surface area contributed by atoms with Gasteiger partial charge in [0, 0.05) is 30.9 Å². The standard InChI is InChI=1S/C16H15F2N3O2/c1-19-15(22)11-4-2-10(3-5-11)9-20-16(23)21-12-6-7-13(17)14(18)8-12/h2-8H,9H2,1H3,(H,19,22)(H2,20,21,23). The second kappa shape index (κ2) is 7.35. The Morgan fingerprint density at radius 1 is 1.00 bits per heavy atom. The van der Waals surface area contributed by atoms with Crippen molar-refractivity contribution < 1.29 is 18.4 Å². The summed E-state index contributed by atoms with van der Waals surface area (Å²) in [6.07, 6.45) is 0. The van der Waals surface area contributed by atoms with E-state index in [1.807, 2.05) is 0 Å². The highest BCUT2D eigenvalue weighted by molar-refractivity contribution is 5.94. The summed E-state index contributed by atoms with van der Waals surface area (Å²) in [7, 11) is 1.54. The Labute approximate surface area is 131 Å². The van der Waals surface area contributed by atoms with E-state index in [0.29, 0.717) is 5.56 Å². The Hall–Kier alpha value is -2.96. The number of hydrogen-bond donors (Lipinski definition) is 3. The Bertz CT molecular complexity index is 718. The third kappa shape index (κ3) is 4.50. The summed E-state index contributed by atoms with van der Waals surface area (Å²) in [6.45, 7) is 0.226. The predicted molar refractivity (Wildman–Crippen MR) is 82.0 cm³/mol. The molecule has 0 spiro atoms. The zero-order valence-corrected chi connectivity index (χ0v) is 12.3. The van der Waals surface area contributed by atoms with E-state index in [1.165, 1.54) is 6.07 Å². The molecule has 2 aromatic carbocycles. The molecule has 7 heteroatoms. The molecule has 0 aliphatic carbocycles. The fourth-order valence-corrected chi connectivity index (χ4v) is 1.85. The zero-order chi connectivity index (χ0) is 16.8. The third-order valence-electron chi connectivity index (χ3n) is 3.07. The molecule has 0 radical (unpaired) electrons. The number of benzene rings is 2. The highest BCUT2D eigenvalue weighted by Crippen LogP contribution is 2.13. The second-order valence-electron chi connectivity index (χ2n) is 4.71. The van der Waals surface area contributed by atoms with Crippen molar-refractivity contribution in [3.63, 3.8) is 0 Å². The molecule has 0 saturated carbocycles. The van der Waals surface area contributed by atoms with E-state index in [4.69, 9.17) is 0 Å². The van der Waals surface area contributed by atoms with Gasteiger partial charge in [-0.2, -0.15) is 0 Å². The molecule has 2 rings (SSSR count). The summed E-state index contributed by atoms with van der Waals surface area (Å²) in [5.74, 6) is -2.21. The quantitative estimate of drug-likeness (QED) is 0.811. The van der Waals surface area contributed by atoms with Gasteiger partial charge in [0.25, 0.3) is 5.91 Å². The van der Waals surface area contributed by atoms with Crippen LogP contribution in [0.1, 0.15) is 15.9 Å². The number of carbonyl (C=O) groups excluding carboxylic acids is 2. The zero-order valence-electron chi connectivity index (χ0n) is 12.3. The first-order valence-corrected chi connectivity index (χ1v) is 6.80. The average Bonchev–Trinajstić information content (AvgIpc) is 2.56. The van der Waals surface area contributed by atoms with Crippen molar-refractivity contribution >= 4 is 17.6 Å². The van der Waals surface area contributed by atoms with Crippen LogP contribution in [0.25, 0.3) is 0 Å². The first-order valence-electron chi connectivity index (χ1n) is 6.80. The summed E-state index contributed by atoms with van der Waals surface area (Å²) in [4.78, 5) is 23.1. The van der Waals surface area contributed by atoms with Crippen LogP contribution in [-0.2, 0) is 6.54 Å². The number of anilines is 1. The van der Waals surface area contributed by atoms with Gasteiger partial charge in [-0.25, -0.2) is 13.6 Å². The summed E-state index contributed by atoms with van der Waals surface area (Å²) < 4.78 is 25.8. The van der Waals surface area contributed by atoms with Gasteiger partial charge in [0.2, 0.25) is 0 Å². The van der Waals surface area contributed by atoms with Crippen LogP contribution in [-0.4, -0.2) is 19.0 Å². The van der Waals surface area contributed by atoms with Crippen molar-refractivity contribution in [3.8, 4) is 0 Å². The van der Waals surface area contributed by atoms with E-state index < -0.39 is 17.7 Å². The number of nitrogens with one attached hydrogen (secondary N) is 3. The van der Waals surface area contributed by atoms with Gasteiger partial charge >= 0.3 is 6.03 Å². The van der Waals surface area contributed by atoms with E-state index in [2.05, 4.69) is 16.0 Å². The van der Waals surface area contributed by atoms with Crippen molar-refractivity contribution in [2.24, 2.45) is 0 Å². The first kappa shape index (κ1) is 16.4. The average molecular weight is 319 g/mol. The Kier molecular flexibility index (Phi) is 5.24. The first-order chi connectivity index (χ1) is 11.0. The molecule has 0 atom stereocenters. The lowest BCUT2D eigenvalue weighted by atomic mass is 10.1. The van der Waals surface area contributed by atoms with E-state index >= 15 is 0 Å². The molecule has 120 valence electrons. The van der Waals surface area contributed by atoms with Crippen molar-refractivity contribution in [2.75, 3.05) is 12.4 Å². The molecule has 0 aliphatic rings. The van der Waals surface area contributed by atoms with Crippen LogP contribution in [0, 0.1) is 11.6 Å². The van der Waals surface area contributed by atoms with Crippen LogP contribution in [0.15, 0.2) is 42.5 Å². The van der Waals surface area contributed by atoms with Gasteiger partial charge in [0.1, 0.15) is 0 Å². The molecule has 0 unspecified atom stereocenters. The van der Waals surface area contributed by atoms with Crippen LogP contribution in [0.5, 0.6) is 0 Å². The minimum Gasteiger partial charge on any atom is -0.355 e. The molecule has 0 saturated heterocycles. The molecular weight excluding hydrogens is 304 g/mol. The van der Waals surface area contributed by atoms with Gasteiger partial charge < -0.3 is 16.0 Å². The Balaban J connectivity index is 1.88. The predicted octanol–water partition coefficient (Wildman–Crippen LogP) is 2.65. The third-order valence-corrected chi connectivity index (χ3v) is 3.07. The summed E-state index contributed by atoms with van der Waals surface area (Å²) in [5, 5.41) is 7.49. The smallest absolute Gasteiger partial charge is 0.319 e. The number of halogens is 2. The van der Waals surface area contributed by atoms with E-state index in [0.717, 1.165) is 17.7 Å². The molecule has 0 bridgehead atoms. The van der Waals surface area contributed by atoms with E-state index in [1.54, 1.807) is 31.3 Å². The van der Waals surface area contributed by atoms with Crippen LogP contribution in [0.4, 0.5) is 19.3 Å². The van der Waals surface area contributed by atoms with Crippen molar-refractivity contribution in [3.05, 3.63) is 65.2 Å². The molecular formula is C16H15F2N3O2. The van der Waals surface area contributed by atoms with Crippen LogP contribution in [0.3, 0.4) is 0 Å². The second-order valence-corrected chi connectivity index (χ2v) is 4.71. The van der Waals surface area contributed by atoms with Crippen LogP contribution in [0.2, 0.25) is 0 Å². The van der Waals surface area contributed by atoms with Crippen molar-refractivity contribution in [1.82, 2.24) is 10.6 Å². The lowest BCUT2D eigenvalue weighted by Crippen LogP contribution is -2.28. The topological polar surface area (TPSA) is 70.2 Å². The van der Waals surface area contributed by atoms with Gasteiger partial charge in [-0.15, -0.1) is 0 Å². The molecule has 3 amide bonds. The maximum atomic E-state index is 13.0. The summed E-state index contributed by atoms with van der Waals surface area (Å²) in [5.41, 5.74) is 1.46. The molecule has 2 aromatic rings. The van der Waals surface area contributed by atoms with Gasteiger partial charge in [-0.05, 0) is 29.8 Å². The SMILES string of the molecule is CNC(=O)c1ccc(CNC(=O)Nc2ccc(F)c(F)c2)cc1. The Morgan fingerprint density at radius 3 is 2.30 bits per heavy atom. The number of carbonyl (C=O) groups is 2. The molecule has 5 nitrogen and oxygen atoms in total. The fourth-order valence-electron chi connectivity index (χ4n) is 1.85. The number of hydrogen-bond acceptors (Lipinski definition) is 2. The van der Waals surface area contributed by atoms with Crippen molar-refractivity contribution in [2.45, 2.75) is 6.54 Å². The molecule has 0 aliphatic heterocycles. The highest BCUT2D eigenvalue weighted by Gasteiger charge is 2.06. The van der Waals surface area contributed by atoms with E-state index in [-0.39, 0.29) is 18.1 Å². The molecule has 3 N–H and O–H groups in total. The number of rotatable bonds is 4. The molecule has 0 fully saturated rings. The molecule has 0 aromatic heterocycles. The largest absolute Gasteiger partial charge is 0.355 e. The number of urea groups is 1. The molecule has 23 heavy (non-hydrogen) atoms. The minimum atomic E-state index is -1.03. The van der Waals surface area contributed by atoms with Crippen molar-refractivity contribution in [1.29, 1.82) is 0 Å². The van der Waals surface area contributed by atoms with Gasteiger partial charge in [0.15, 0.2) is 11.6 Å². The molecule has 0 heterocycles. The van der Waals surface area contributed by atoms with Crippen LogP contribution < -0.4 is 16.0 Å². The Morgan fingerprint density at radius 2 is 1.70 bits per heavy atom. The van der Waals surface area contributed by atoms with Gasteiger partial charge in [0.05, 0.1) is 0 Å². The minimum absolute atomic E-state index is 0.149. The van der Waals surface area contributed by atoms with E-state index in [9.17, 15) is 18.4 Å². The fraction of sp³-hybridized carbons (Fsp3) is 0.125. The summed E-state index contributed by atoms with van der Waals surface area (Å²) >= 11 is 0. The van der Waals surface area contributed by atoms with Gasteiger partial charge in [-0.3, -0.25) is 4.79 Å².